The third-order valence-electron chi connectivity index (χ3n) is 4.44. The summed E-state index contributed by atoms with van der Waals surface area (Å²) in [5.41, 5.74) is 3.08. The van der Waals surface area contributed by atoms with E-state index in [-0.39, 0.29) is 0 Å². The standard InChI is InChI=1S/C17H25N5/c1-13(2)22-17(4-7-19-22)16-12-18-11-15(20-16)10-14-5-8-21(3)9-6-14/h4,7,11-14H,5-6,8-10H2,1-3H3. The van der Waals surface area contributed by atoms with Crippen LogP contribution in [0.4, 0.5) is 0 Å². The molecule has 0 aliphatic carbocycles. The first kappa shape index (κ1) is 15.2. The molecule has 5 heteroatoms. The first-order chi connectivity index (χ1) is 10.6. The zero-order valence-electron chi connectivity index (χ0n) is 13.7. The number of likely N-dealkylation sites (tertiary alicyclic amines) is 1. The molecule has 0 saturated carbocycles. The molecule has 0 N–H and O–H groups in total. The fraction of sp³-hybridized carbons (Fsp3) is 0.588. The molecule has 1 aliphatic rings. The van der Waals surface area contributed by atoms with Crippen molar-refractivity contribution >= 4 is 0 Å². The van der Waals surface area contributed by atoms with Crippen LogP contribution in [0.25, 0.3) is 11.4 Å². The van der Waals surface area contributed by atoms with E-state index in [2.05, 4.69) is 35.9 Å². The molecule has 0 spiro atoms. The number of hydrogen-bond donors (Lipinski definition) is 0. The van der Waals surface area contributed by atoms with Crippen molar-refractivity contribution < 1.29 is 0 Å². The van der Waals surface area contributed by atoms with Gasteiger partial charge in [0.25, 0.3) is 0 Å². The number of rotatable bonds is 4. The molecule has 0 aromatic carbocycles. The normalized spacial score (nSPS) is 17.3. The molecule has 0 bridgehead atoms. The molecule has 5 nitrogen and oxygen atoms in total. The Bertz CT molecular complexity index is 611. The van der Waals surface area contributed by atoms with Crippen LogP contribution >= 0.6 is 0 Å². The van der Waals surface area contributed by atoms with E-state index in [0.29, 0.717) is 6.04 Å². The van der Waals surface area contributed by atoms with Crippen LogP contribution in [0.15, 0.2) is 24.7 Å². The molecule has 1 saturated heterocycles. The Morgan fingerprint density at radius 3 is 2.73 bits per heavy atom. The van der Waals surface area contributed by atoms with Crippen molar-refractivity contribution in [2.45, 2.75) is 39.2 Å². The molecule has 0 atom stereocenters. The Morgan fingerprint density at radius 2 is 2.00 bits per heavy atom. The van der Waals surface area contributed by atoms with Crippen LogP contribution in [0.2, 0.25) is 0 Å². The van der Waals surface area contributed by atoms with Gasteiger partial charge >= 0.3 is 0 Å². The second-order valence-electron chi connectivity index (χ2n) is 6.60. The van der Waals surface area contributed by atoms with Crippen LogP contribution in [0.3, 0.4) is 0 Å². The Kier molecular flexibility index (Phi) is 4.52. The highest BCUT2D eigenvalue weighted by Crippen LogP contribution is 2.23. The summed E-state index contributed by atoms with van der Waals surface area (Å²) < 4.78 is 2.00. The van der Waals surface area contributed by atoms with Gasteiger partial charge in [-0.1, -0.05) is 0 Å². The molecule has 0 amide bonds. The number of nitrogens with zero attached hydrogens (tertiary/aromatic N) is 5. The molecule has 2 aromatic rings. The maximum atomic E-state index is 4.83. The first-order valence-electron chi connectivity index (χ1n) is 8.17. The maximum absolute atomic E-state index is 4.83. The van der Waals surface area contributed by atoms with E-state index in [4.69, 9.17) is 4.98 Å². The average Bonchev–Trinajstić information content (AvgIpc) is 3.00. The van der Waals surface area contributed by atoms with E-state index in [9.17, 15) is 0 Å². The van der Waals surface area contributed by atoms with Crippen molar-refractivity contribution in [1.29, 1.82) is 0 Å². The van der Waals surface area contributed by atoms with Crippen molar-refractivity contribution in [3.05, 3.63) is 30.4 Å². The Labute approximate surface area is 132 Å². The van der Waals surface area contributed by atoms with Crippen molar-refractivity contribution in [2.75, 3.05) is 20.1 Å². The second-order valence-corrected chi connectivity index (χ2v) is 6.60. The van der Waals surface area contributed by atoms with Crippen LogP contribution < -0.4 is 0 Å². The van der Waals surface area contributed by atoms with Gasteiger partial charge < -0.3 is 4.90 Å². The Morgan fingerprint density at radius 1 is 1.23 bits per heavy atom. The Balaban J connectivity index is 1.76. The van der Waals surface area contributed by atoms with Crippen molar-refractivity contribution in [2.24, 2.45) is 5.92 Å². The van der Waals surface area contributed by atoms with E-state index >= 15 is 0 Å². The van der Waals surface area contributed by atoms with Gasteiger partial charge in [-0.15, -0.1) is 0 Å². The summed E-state index contributed by atoms with van der Waals surface area (Å²) in [7, 11) is 2.20. The second kappa shape index (κ2) is 6.57. The minimum absolute atomic E-state index is 0.323. The fourth-order valence-corrected chi connectivity index (χ4v) is 3.12. The van der Waals surface area contributed by atoms with Crippen LogP contribution in [0.1, 0.15) is 38.4 Å². The summed E-state index contributed by atoms with van der Waals surface area (Å²) in [5.74, 6) is 0.732. The molecule has 3 rings (SSSR count). The maximum Gasteiger partial charge on any atom is 0.107 e. The number of aromatic nitrogens is 4. The van der Waals surface area contributed by atoms with Gasteiger partial charge in [-0.3, -0.25) is 9.67 Å². The monoisotopic (exact) mass is 299 g/mol. The lowest BCUT2D eigenvalue weighted by Crippen LogP contribution is -2.31. The minimum atomic E-state index is 0.323. The van der Waals surface area contributed by atoms with Crippen LogP contribution in [0, 0.1) is 5.92 Å². The van der Waals surface area contributed by atoms with Gasteiger partial charge in [0.15, 0.2) is 0 Å². The van der Waals surface area contributed by atoms with Gasteiger partial charge in [0, 0.05) is 18.4 Å². The lowest BCUT2D eigenvalue weighted by molar-refractivity contribution is 0.218. The summed E-state index contributed by atoms with van der Waals surface area (Å²) in [6.07, 6.45) is 9.13. The zero-order valence-corrected chi connectivity index (χ0v) is 13.7. The highest BCUT2D eigenvalue weighted by atomic mass is 15.3. The first-order valence-corrected chi connectivity index (χ1v) is 8.17. The summed E-state index contributed by atoms with van der Waals surface area (Å²) in [6.45, 7) is 6.65. The highest BCUT2D eigenvalue weighted by Gasteiger charge is 2.18. The predicted molar refractivity (Wildman–Crippen MR) is 87.6 cm³/mol. The molecule has 22 heavy (non-hydrogen) atoms. The molecular formula is C17H25N5. The third-order valence-corrected chi connectivity index (χ3v) is 4.44. The molecule has 0 unspecified atom stereocenters. The van der Waals surface area contributed by atoms with Crippen LogP contribution in [-0.4, -0.2) is 44.8 Å². The zero-order chi connectivity index (χ0) is 15.5. The van der Waals surface area contributed by atoms with Gasteiger partial charge in [-0.2, -0.15) is 5.10 Å². The van der Waals surface area contributed by atoms with E-state index in [1.807, 2.05) is 29.3 Å². The van der Waals surface area contributed by atoms with Crippen LogP contribution in [0.5, 0.6) is 0 Å². The third kappa shape index (κ3) is 3.35. The number of piperidine rings is 1. The molecular weight excluding hydrogens is 274 g/mol. The lowest BCUT2D eigenvalue weighted by atomic mass is 9.92. The lowest BCUT2D eigenvalue weighted by Gasteiger charge is -2.28. The van der Waals surface area contributed by atoms with Gasteiger partial charge in [-0.05, 0) is 65.2 Å². The van der Waals surface area contributed by atoms with E-state index in [1.54, 1.807) is 0 Å². The smallest absolute Gasteiger partial charge is 0.107 e. The minimum Gasteiger partial charge on any atom is -0.306 e. The quantitative estimate of drug-likeness (QED) is 0.871. The molecule has 2 aromatic heterocycles. The summed E-state index contributed by atoms with van der Waals surface area (Å²) in [5, 5.41) is 4.39. The van der Waals surface area contributed by atoms with Gasteiger partial charge in [0.05, 0.1) is 17.6 Å². The summed E-state index contributed by atoms with van der Waals surface area (Å²) >= 11 is 0. The van der Waals surface area contributed by atoms with Gasteiger partial charge in [0.1, 0.15) is 5.69 Å². The van der Waals surface area contributed by atoms with E-state index in [0.717, 1.165) is 29.4 Å². The summed E-state index contributed by atoms with van der Waals surface area (Å²) in [6, 6.07) is 2.34. The highest BCUT2D eigenvalue weighted by molar-refractivity contribution is 5.53. The average molecular weight is 299 g/mol. The van der Waals surface area contributed by atoms with Gasteiger partial charge in [-0.25, -0.2) is 4.98 Å². The molecule has 118 valence electrons. The predicted octanol–water partition coefficient (Wildman–Crippen LogP) is 2.81. The number of hydrogen-bond acceptors (Lipinski definition) is 4. The molecule has 3 heterocycles. The largest absolute Gasteiger partial charge is 0.306 e. The molecule has 1 fully saturated rings. The van der Waals surface area contributed by atoms with E-state index in [1.165, 1.54) is 25.9 Å². The molecule has 0 radical (unpaired) electrons. The van der Waals surface area contributed by atoms with Crippen molar-refractivity contribution in [3.8, 4) is 11.4 Å². The van der Waals surface area contributed by atoms with Crippen molar-refractivity contribution in [1.82, 2.24) is 24.6 Å². The topological polar surface area (TPSA) is 46.8 Å². The summed E-state index contributed by atoms with van der Waals surface area (Å²) in [4.78, 5) is 11.6. The fourth-order valence-electron chi connectivity index (χ4n) is 3.12. The Hall–Kier alpha value is -1.75. The van der Waals surface area contributed by atoms with Gasteiger partial charge in [0.2, 0.25) is 0 Å². The van der Waals surface area contributed by atoms with Crippen molar-refractivity contribution in [3.63, 3.8) is 0 Å². The molecule has 1 aliphatic heterocycles. The van der Waals surface area contributed by atoms with E-state index < -0.39 is 0 Å². The SMILES string of the molecule is CC(C)n1nccc1-c1cncc(CC2CCN(C)CC2)n1. The van der Waals surface area contributed by atoms with Crippen LogP contribution in [-0.2, 0) is 6.42 Å².